The van der Waals surface area contributed by atoms with E-state index in [1.807, 2.05) is 49.4 Å². The Morgan fingerprint density at radius 2 is 1.86 bits per heavy atom. The molecule has 0 spiro atoms. The van der Waals surface area contributed by atoms with Gasteiger partial charge in [0.15, 0.2) is 16.7 Å². The Balaban J connectivity index is 1.24. The van der Waals surface area contributed by atoms with Crippen molar-refractivity contribution in [1.29, 1.82) is 0 Å². The molecule has 9 heteroatoms. The number of aliphatic imine (C=N–C) groups is 1. The number of fused-ring (bicyclic) bond motifs is 1. The molecule has 3 aromatic rings. The molecule has 0 radical (unpaired) electrons. The predicted octanol–water partition coefficient (Wildman–Crippen LogP) is 5.19. The largest absolute Gasteiger partial charge is 0.457 e. The lowest BCUT2D eigenvalue weighted by Crippen LogP contribution is -2.33. The van der Waals surface area contributed by atoms with Crippen LogP contribution in [0.1, 0.15) is 13.3 Å². The molecule has 1 unspecified atom stereocenters. The van der Waals surface area contributed by atoms with Crippen LogP contribution < -0.4 is 19.5 Å². The fourth-order valence-corrected chi connectivity index (χ4v) is 4.95. The van der Waals surface area contributed by atoms with Crippen LogP contribution in [0.25, 0.3) is 0 Å². The maximum atomic E-state index is 12.9. The Morgan fingerprint density at radius 1 is 1.06 bits per heavy atom. The summed E-state index contributed by atoms with van der Waals surface area (Å²) < 4.78 is 16.6. The third kappa shape index (κ3) is 5.25. The third-order valence-electron chi connectivity index (χ3n) is 5.38. The van der Waals surface area contributed by atoms with Gasteiger partial charge in [0.05, 0.1) is 5.69 Å². The zero-order valence-corrected chi connectivity index (χ0v) is 19.8. The van der Waals surface area contributed by atoms with Gasteiger partial charge in [-0.3, -0.25) is 14.5 Å². The van der Waals surface area contributed by atoms with Gasteiger partial charge in [0.25, 0.3) is 0 Å². The van der Waals surface area contributed by atoms with Crippen LogP contribution >= 0.6 is 11.8 Å². The zero-order chi connectivity index (χ0) is 24.2. The second-order valence-electron chi connectivity index (χ2n) is 7.82. The molecule has 1 N–H and O–H groups in total. The standard InChI is InChI=1S/C26H23N3O5S/c1-2-29-25(31)23(35-26(29)28-18-11-12-21-22(14-18)33-16-32-21)15-24(30)27-17-7-6-10-20(13-17)34-19-8-4-3-5-9-19/h3-14,23H,2,15-16H2,1H3,(H,27,30). The summed E-state index contributed by atoms with van der Waals surface area (Å²) in [7, 11) is 0. The van der Waals surface area contributed by atoms with Crippen molar-refractivity contribution in [3.05, 3.63) is 72.8 Å². The molecule has 0 aliphatic carbocycles. The number of carbonyl (C=O) groups excluding carboxylic acids is 2. The first-order chi connectivity index (χ1) is 17.1. The summed E-state index contributed by atoms with van der Waals surface area (Å²) in [5.41, 5.74) is 1.25. The van der Waals surface area contributed by atoms with Gasteiger partial charge in [-0.1, -0.05) is 36.0 Å². The van der Waals surface area contributed by atoms with E-state index in [0.717, 1.165) is 0 Å². The van der Waals surface area contributed by atoms with Crippen LogP contribution in [-0.2, 0) is 9.59 Å². The molecule has 5 rings (SSSR count). The molecular weight excluding hydrogens is 466 g/mol. The van der Waals surface area contributed by atoms with Crippen molar-refractivity contribution in [2.24, 2.45) is 4.99 Å². The number of nitrogens with zero attached hydrogens (tertiary/aromatic N) is 2. The molecule has 1 fully saturated rings. The van der Waals surface area contributed by atoms with Crippen LogP contribution in [0.4, 0.5) is 11.4 Å². The summed E-state index contributed by atoms with van der Waals surface area (Å²) in [6, 6.07) is 21.9. The summed E-state index contributed by atoms with van der Waals surface area (Å²) in [6.07, 6.45) is 0.0317. The second kappa shape index (κ2) is 10.1. The van der Waals surface area contributed by atoms with Crippen molar-refractivity contribution in [2.45, 2.75) is 18.6 Å². The number of hydrogen-bond donors (Lipinski definition) is 1. The van der Waals surface area contributed by atoms with Gasteiger partial charge in [-0.05, 0) is 43.3 Å². The van der Waals surface area contributed by atoms with Crippen LogP contribution in [0, 0.1) is 0 Å². The number of hydrogen-bond acceptors (Lipinski definition) is 7. The van der Waals surface area contributed by atoms with E-state index in [4.69, 9.17) is 14.2 Å². The highest BCUT2D eigenvalue weighted by molar-refractivity contribution is 8.15. The molecule has 0 aromatic heterocycles. The average molecular weight is 490 g/mol. The molecule has 3 aromatic carbocycles. The van der Waals surface area contributed by atoms with Crippen molar-refractivity contribution in [1.82, 2.24) is 4.90 Å². The van der Waals surface area contributed by atoms with Crippen LogP contribution in [0.15, 0.2) is 77.8 Å². The predicted molar refractivity (Wildman–Crippen MR) is 135 cm³/mol. The van der Waals surface area contributed by atoms with Gasteiger partial charge >= 0.3 is 0 Å². The van der Waals surface area contributed by atoms with Gasteiger partial charge < -0.3 is 19.5 Å². The van der Waals surface area contributed by atoms with E-state index in [2.05, 4.69) is 10.3 Å². The van der Waals surface area contributed by atoms with Gasteiger partial charge in [-0.2, -0.15) is 0 Å². The van der Waals surface area contributed by atoms with E-state index in [0.29, 0.717) is 46.1 Å². The van der Waals surface area contributed by atoms with E-state index in [9.17, 15) is 9.59 Å². The topological polar surface area (TPSA) is 89.5 Å². The van der Waals surface area contributed by atoms with E-state index in [1.165, 1.54) is 11.8 Å². The van der Waals surface area contributed by atoms with Crippen molar-refractivity contribution in [3.63, 3.8) is 0 Å². The monoisotopic (exact) mass is 489 g/mol. The quantitative estimate of drug-likeness (QED) is 0.491. The van der Waals surface area contributed by atoms with Crippen molar-refractivity contribution < 1.29 is 23.8 Å². The first kappa shape index (κ1) is 22.8. The smallest absolute Gasteiger partial charge is 0.242 e. The maximum absolute atomic E-state index is 12.9. The van der Waals surface area contributed by atoms with Crippen molar-refractivity contribution >= 4 is 40.1 Å². The molecule has 178 valence electrons. The van der Waals surface area contributed by atoms with Gasteiger partial charge in [0.2, 0.25) is 18.6 Å². The Hall–Kier alpha value is -3.98. The Labute approximate surface area is 206 Å². The summed E-state index contributed by atoms with van der Waals surface area (Å²) in [5, 5.41) is 2.88. The fourth-order valence-electron chi connectivity index (χ4n) is 3.72. The molecule has 2 aliphatic heterocycles. The van der Waals surface area contributed by atoms with Gasteiger partial charge in [0.1, 0.15) is 16.7 Å². The minimum Gasteiger partial charge on any atom is -0.457 e. The molecule has 2 aliphatic rings. The summed E-state index contributed by atoms with van der Waals surface area (Å²) in [4.78, 5) is 31.9. The molecule has 35 heavy (non-hydrogen) atoms. The summed E-state index contributed by atoms with van der Waals surface area (Å²) in [5.74, 6) is 2.22. The number of anilines is 1. The van der Waals surface area contributed by atoms with Crippen LogP contribution in [0.5, 0.6) is 23.0 Å². The molecule has 0 bridgehead atoms. The summed E-state index contributed by atoms with van der Waals surface area (Å²) >= 11 is 1.29. The number of benzene rings is 3. The SMILES string of the molecule is CCN1C(=O)C(CC(=O)Nc2cccc(Oc3ccccc3)c2)SC1=Nc1ccc2c(c1)OCO2. The fraction of sp³-hybridized carbons (Fsp3) is 0.192. The van der Waals surface area contributed by atoms with Gasteiger partial charge in [-0.15, -0.1) is 0 Å². The van der Waals surface area contributed by atoms with E-state index < -0.39 is 5.25 Å². The molecular formula is C26H23N3O5S. The highest BCUT2D eigenvalue weighted by Crippen LogP contribution is 2.37. The first-order valence-electron chi connectivity index (χ1n) is 11.2. The molecule has 1 saturated heterocycles. The van der Waals surface area contributed by atoms with Crippen LogP contribution in [-0.4, -0.2) is 40.5 Å². The molecule has 1 atom stereocenters. The highest BCUT2D eigenvalue weighted by Gasteiger charge is 2.38. The Bertz CT molecular complexity index is 1280. The number of thioether (sulfide) groups is 1. The first-order valence-corrected chi connectivity index (χ1v) is 12.1. The lowest BCUT2D eigenvalue weighted by Gasteiger charge is -2.13. The Kier molecular flexibility index (Phi) is 6.58. The third-order valence-corrected chi connectivity index (χ3v) is 6.56. The number of nitrogens with one attached hydrogen (secondary N) is 1. The van der Waals surface area contributed by atoms with Gasteiger partial charge in [-0.25, -0.2) is 4.99 Å². The number of amidine groups is 1. The highest BCUT2D eigenvalue weighted by atomic mass is 32.2. The minimum atomic E-state index is -0.550. The second-order valence-corrected chi connectivity index (χ2v) is 8.99. The number of ether oxygens (including phenoxy) is 3. The number of para-hydroxylation sites is 1. The maximum Gasteiger partial charge on any atom is 0.242 e. The minimum absolute atomic E-state index is 0.0317. The van der Waals surface area contributed by atoms with Crippen LogP contribution in [0.3, 0.4) is 0 Å². The summed E-state index contributed by atoms with van der Waals surface area (Å²) in [6.45, 7) is 2.53. The lowest BCUT2D eigenvalue weighted by atomic mass is 10.2. The number of amides is 2. The number of rotatable bonds is 7. The van der Waals surface area contributed by atoms with E-state index in [-0.39, 0.29) is 25.0 Å². The molecule has 0 saturated carbocycles. The van der Waals surface area contributed by atoms with Gasteiger partial charge in [0, 0.05) is 30.8 Å². The molecule has 2 amide bonds. The lowest BCUT2D eigenvalue weighted by molar-refractivity contribution is -0.128. The zero-order valence-electron chi connectivity index (χ0n) is 19.0. The number of carbonyl (C=O) groups is 2. The average Bonchev–Trinajstić information content (AvgIpc) is 3.43. The van der Waals surface area contributed by atoms with Crippen molar-refractivity contribution in [3.8, 4) is 23.0 Å². The molecule has 2 heterocycles. The Morgan fingerprint density at radius 3 is 2.69 bits per heavy atom. The normalized spacial score (nSPS) is 17.6. The van der Waals surface area contributed by atoms with E-state index >= 15 is 0 Å². The van der Waals surface area contributed by atoms with E-state index in [1.54, 1.807) is 35.2 Å². The van der Waals surface area contributed by atoms with Crippen molar-refractivity contribution in [2.75, 3.05) is 18.7 Å². The van der Waals surface area contributed by atoms with Crippen LogP contribution in [0.2, 0.25) is 0 Å². The molecule has 8 nitrogen and oxygen atoms in total.